The van der Waals surface area contributed by atoms with Gasteiger partial charge in [0.15, 0.2) is 5.96 Å². The van der Waals surface area contributed by atoms with Crippen molar-refractivity contribution in [2.45, 2.75) is 33.4 Å². The van der Waals surface area contributed by atoms with E-state index >= 15 is 0 Å². The molecule has 1 aromatic carbocycles. The van der Waals surface area contributed by atoms with Crippen LogP contribution in [0, 0.1) is 6.92 Å². The lowest BCUT2D eigenvalue weighted by atomic mass is 10.1. The van der Waals surface area contributed by atoms with Crippen molar-refractivity contribution in [3.8, 4) is 0 Å². The fourth-order valence-electron chi connectivity index (χ4n) is 3.01. The van der Waals surface area contributed by atoms with Crippen LogP contribution in [0.3, 0.4) is 0 Å². The lowest BCUT2D eigenvalue weighted by molar-refractivity contribution is 0.107. The van der Waals surface area contributed by atoms with E-state index in [1.54, 1.807) is 0 Å². The van der Waals surface area contributed by atoms with Gasteiger partial charge in [0.2, 0.25) is 0 Å². The van der Waals surface area contributed by atoms with Crippen LogP contribution in [0.4, 0.5) is 0 Å². The summed E-state index contributed by atoms with van der Waals surface area (Å²) in [5.41, 5.74) is 2.56. The quantitative estimate of drug-likeness (QED) is 0.615. The molecule has 5 nitrogen and oxygen atoms in total. The van der Waals surface area contributed by atoms with Crippen LogP contribution in [0.1, 0.15) is 25.0 Å². The topological polar surface area (TPSA) is 42.9 Å². The summed E-state index contributed by atoms with van der Waals surface area (Å²) in [5.74, 6) is 0.870. The lowest BCUT2D eigenvalue weighted by Gasteiger charge is -2.37. The number of guanidine groups is 1. The normalized spacial score (nSPS) is 18.4. The zero-order valence-corrected chi connectivity index (χ0v) is 15.7. The highest BCUT2D eigenvalue weighted by atomic mass is 15.3. The molecule has 1 aliphatic rings. The van der Waals surface area contributed by atoms with Gasteiger partial charge in [0.1, 0.15) is 0 Å². The van der Waals surface area contributed by atoms with Gasteiger partial charge in [0.25, 0.3) is 0 Å². The van der Waals surface area contributed by atoms with Crippen molar-refractivity contribution in [1.82, 2.24) is 20.4 Å². The smallest absolute Gasteiger partial charge is 0.191 e. The first-order valence-corrected chi connectivity index (χ1v) is 9.08. The Hall–Kier alpha value is -1.59. The zero-order valence-electron chi connectivity index (χ0n) is 15.7. The van der Waals surface area contributed by atoms with Crippen molar-refractivity contribution in [1.29, 1.82) is 0 Å². The monoisotopic (exact) mass is 331 g/mol. The van der Waals surface area contributed by atoms with Crippen molar-refractivity contribution >= 4 is 5.96 Å². The van der Waals surface area contributed by atoms with Crippen molar-refractivity contribution in [3.63, 3.8) is 0 Å². The van der Waals surface area contributed by atoms with Gasteiger partial charge in [-0.15, -0.1) is 0 Å². The van der Waals surface area contributed by atoms with E-state index in [4.69, 9.17) is 0 Å². The number of hydrogen-bond donors (Lipinski definition) is 2. The van der Waals surface area contributed by atoms with Gasteiger partial charge in [-0.05, 0) is 26.0 Å². The maximum Gasteiger partial charge on any atom is 0.191 e. The molecule has 2 rings (SSSR count). The molecule has 1 fully saturated rings. The molecule has 0 radical (unpaired) electrons. The van der Waals surface area contributed by atoms with Crippen LogP contribution in [0.2, 0.25) is 0 Å². The Kier molecular flexibility index (Phi) is 7.53. The largest absolute Gasteiger partial charge is 0.355 e. The van der Waals surface area contributed by atoms with Crippen molar-refractivity contribution in [2.24, 2.45) is 4.99 Å². The van der Waals surface area contributed by atoms with E-state index in [0.29, 0.717) is 6.04 Å². The van der Waals surface area contributed by atoms with Gasteiger partial charge in [-0.1, -0.05) is 36.8 Å². The second kappa shape index (κ2) is 9.64. The summed E-state index contributed by atoms with van der Waals surface area (Å²) in [4.78, 5) is 9.41. The maximum absolute atomic E-state index is 4.33. The summed E-state index contributed by atoms with van der Waals surface area (Å²) in [6, 6.07) is 9.12. The number of nitrogens with zero attached hydrogens (tertiary/aromatic N) is 3. The second-order valence-corrected chi connectivity index (χ2v) is 6.61. The average molecular weight is 332 g/mol. The number of nitrogens with one attached hydrogen (secondary N) is 2. The Morgan fingerprint density at radius 1 is 1.12 bits per heavy atom. The van der Waals surface area contributed by atoms with Crippen LogP contribution < -0.4 is 10.6 Å². The number of hydrogen-bond acceptors (Lipinski definition) is 3. The summed E-state index contributed by atoms with van der Waals surface area (Å²) in [6.07, 6.45) is 0. The third-order valence-electron chi connectivity index (χ3n) is 4.85. The third-order valence-corrected chi connectivity index (χ3v) is 4.85. The predicted molar refractivity (Wildman–Crippen MR) is 103 cm³/mol. The molecular weight excluding hydrogens is 298 g/mol. The molecule has 1 atom stereocenters. The SMILES string of the molecule is CCN1CCN(C(C)CNC(=NC)NCc2ccc(C)cc2)CC1. The van der Waals surface area contributed by atoms with Gasteiger partial charge in [-0.2, -0.15) is 0 Å². The molecule has 0 aliphatic carbocycles. The zero-order chi connectivity index (χ0) is 17.4. The molecule has 1 heterocycles. The minimum atomic E-state index is 0.516. The minimum Gasteiger partial charge on any atom is -0.355 e. The molecule has 134 valence electrons. The van der Waals surface area contributed by atoms with Crippen LogP contribution in [-0.4, -0.2) is 68.1 Å². The van der Waals surface area contributed by atoms with Gasteiger partial charge in [-0.25, -0.2) is 0 Å². The Labute approximate surface area is 147 Å². The Morgan fingerprint density at radius 2 is 1.79 bits per heavy atom. The van der Waals surface area contributed by atoms with E-state index in [1.807, 2.05) is 7.05 Å². The van der Waals surface area contributed by atoms with Gasteiger partial charge in [0, 0.05) is 52.4 Å². The van der Waals surface area contributed by atoms with Crippen molar-refractivity contribution in [3.05, 3.63) is 35.4 Å². The van der Waals surface area contributed by atoms with Gasteiger partial charge in [-0.3, -0.25) is 9.89 Å². The standard InChI is InChI=1S/C19H33N5/c1-5-23-10-12-24(13-11-23)17(3)14-21-19(20-4)22-15-18-8-6-16(2)7-9-18/h6-9,17H,5,10-15H2,1-4H3,(H2,20,21,22). The Bertz CT molecular complexity index is 503. The maximum atomic E-state index is 4.33. The molecule has 1 saturated heterocycles. The summed E-state index contributed by atoms with van der Waals surface area (Å²) < 4.78 is 0. The molecule has 1 aromatic rings. The van der Waals surface area contributed by atoms with E-state index < -0.39 is 0 Å². The molecule has 24 heavy (non-hydrogen) atoms. The van der Waals surface area contributed by atoms with E-state index in [1.165, 1.54) is 24.2 Å². The molecule has 1 aliphatic heterocycles. The van der Waals surface area contributed by atoms with Crippen molar-refractivity contribution < 1.29 is 0 Å². The van der Waals surface area contributed by atoms with E-state index in [9.17, 15) is 0 Å². The molecule has 0 aromatic heterocycles. The van der Waals surface area contributed by atoms with Crippen LogP contribution in [0.5, 0.6) is 0 Å². The fourth-order valence-corrected chi connectivity index (χ4v) is 3.01. The first kappa shape index (κ1) is 18.7. The molecule has 0 spiro atoms. The minimum absolute atomic E-state index is 0.516. The van der Waals surface area contributed by atoms with Crippen LogP contribution in [-0.2, 0) is 6.54 Å². The summed E-state index contributed by atoms with van der Waals surface area (Å²) in [6.45, 7) is 14.2. The van der Waals surface area contributed by atoms with Crippen LogP contribution in [0.15, 0.2) is 29.3 Å². The number of piperazine rings is 1. The molecule has 5 heteroatoms. The number of aryl methyl sites for hydroxylation is 1. The first-order chi connectivity index (χ1) is 11.6. The van der Waals surface area contributed by atoms with Crippen LogP contribution in [0.25, 0.3) is 0 Å². The number of aliphatic imine (C=N–C) groups is 1. The lowest BCUT2D eigenvalue weighted by Crippen LogP contribution is -2.53. The highest BCUT2D eigenvalue weighted by Gasteiger charge is 2.20. The van der Waals surface area contributed by atoms with Crippen molar-refractivity contribution in [2.75, 3.05) is 46.3 Å². The molecular formula is C19H33N5. The fraction of sp³-hybridized carbons (Fsp3) is 0.632. The molecule has 1 unspecified atom stereocenters. The highest BCUT2D eigenvalue weighted by molar-refractivity contribution is 5.79. The number of likely N-dealkylation sites (N-methyl/N-ethyl adjacent to an activating group) is 1. The second-order valence-electron chi connectivity index (χ2n) is 6.61. The van der Waals surface area contributed by atoms with E-state index in [-0.39, 0.29) is 0 Å². The van der Waals surface area contributed by atoms with Gasteiger partial charge < -0.3 is 15.5 Å². The molecule has 2 N–H and O–H groups in total. The first-order valence-electron chi connectivity index (χ1n) is 9.08. The third kappa shape index (κ3) is 5.80. The summed E-state index contributed by atoms with van der Waals surface area (Å²) in [7, 11) is 1.83. The average Bonchev–Trinajstić information content (AvgIpc) is 2.63. The Morgan fingerprint density at radius 3 is 2.38 bits per heavy atom. The summed E-state index contributed by atoms with van der Waals surface area (Å²) in [5, 5.41) is 6.85. The number of benzene rings is 1. The molecule has 0 amide bonds. The Balaban J connectivity index is 1.72. The van der Waals surface area contributed by atoms with E-state index in [2.05, 4.69) is 70.5 Å². The summed E-state index contributed by atoms with van der Waals surface area (Å²) >= 11 is 0. The van der Waals surface area contributed by atoms with Crippen LogP contribution >= 0.6 is 0 Å². The predicted octanol–water partition coefficient (Wildman–Crippen LogP) is 1.69. The molecule has 0 bridgehead atoms. The van der Waals surface area contributed by atoms with Gasteiger partial charge in [0.05, 0.1) is 0 Å². The van der Waals surface area contributed by atoms with E-state index in [0.717, 1.165) is 38.7 Å². The van der Waals surface area contributed by atoms with Gasteiger partial charge >= 0.3 is 0 Å². The molecule has 0 saturated carbocycles. The highest BCUT2D eigenvalue weighted by Crippen LogP contribution is 2.05. The number of rotatable bonds is 6.